The maximum atomic E-state index is 11.4. The topological polar surface area (TPSA) is 104 Å². The molecule has 0 aliphatic rings. The van der Waals surface area contributed by atoms with Crippen LogP contribution in [0.25, 0.3) is 5.13 Å². The Morgan fingerprint density at radius 3 is 2.85 bits per heavy atom. The number of nitrogens with zero attached hydrogens (tertiary/aromatic N) is 6. The molecule has 0 spiro atoms. The van der Waals surface area contributed by atoms with Crippen molar-refractivity contribution in [3.8, 4) is 5.13 Å². The molecule has 8 nitrogen and oxygen atoms in total. The predicted octanol–water partition coefficient (Wildman–Crippen LogP) is 1.13. The summed E-state index contributed by atoms with van der Waals surface area (Å²) in [5, 5.41) is 14.3. The molecule has 0 bridgehead atoms. The maximum absolute atomic E-state index is 11.4. The molecule has 3 aromatic rings. The fourth-order valence-corrected chi connectivity index (χ4v) is 4.71. The van der Waals surface area contributed by atoms with E-state index in [1.165, 1.54) is 34.0 Å². The van der Waals surface area contributed by atoms with Crippen molar-refractivity contribution in [2.45, 2.75) is 13.7 Å². The number of sulfone groups is 1. The van der Waals surface area contributed by atoms with E-state index in [0.29, 0.717) is 14.6 Å². The molecule has 20 heavy (non-hydrogen) atoms. The molecule has 3 aromatic heterocycles. The van der Waals surface area contributed by atoms with E-state index in [4.69, 9.17) is 0 Å². The SMILES string of the molecule is CS(=O)(=O)c1cnc(Sc2nnnn2-c2nccs2)s1. The predicted molar refractivity (Wildman–Crippen MR) is 74.2 cm³/mol. The minimum absolute atomic E-state index is 0.216. The van der Waals surface area contributed by atoms with Crippen LogP contribution < -0.4 is 0 Å². The van der Waals surface area contributed by atoms with Gasteiger partial charge in [0.15, 0.2) is 14.2 Å². The zero-order chi connectivity index (χ0) is 14.2. The zero-order valence-corrected chi connectivity index (χ0v) is 13.1. The molecule has 104 valence electrons. The standard InChI is InChI=1S/C8H6N6O2S4/c1-20(15,16)5-4-10-8(18-5)19-7-11-12-13-14(7)6-9-2-3-17-6/h2-4H,1H3. The second-order valence-electron chi connectivity index (χ2n) is 3.51. The number of thiazole rings is 2. The maximum Gasteiger partial charge on any atom is 0.223 e. The number of hydrogen-bond acceptors (Lipinski definition) is 10. The summed E-state index contributed by atoms with van der Waals surface area (Å²) in [7, 11) is -3.24. The van der Waals surface area contributed by atoms with Crippen molar-refractivity contribution < 1.29 is 8.42 Å². The van der Waals surface area contributed by atoms with Crippen LogP contribution in [0.1, 0.15) is 0 Å². The minimum Gasteiger partial charge on any atom is -0.236 e. The molecule has 0 N–H and O–H groups in total. The fourth-order valence-electron chi connectivity index (χ4n) is 1.22. The summed E-state index contributed by atoms with van der Waals surface area (Å²) < 4.78 is 25.1. The largest absolute Gasteiger partial charge is 0.236 e. The molecule has 0 aromatic carbocycles. The van der Waals surface area contributed by atoms with Gasteiger partial charge in [-0.1, -0.05) is 11.3 Å². The molecule has 0 radical (unpaired) electrons. The lowest BCUT2D eigenvalue weighted by Crippen LogP contribution is -1.97. The number of rotatable bonds is 4. The Morgan fingerprint density at radius 2 is 2.20 bits per heavy atom. The van der Waals surface area contributed by atoms with Gasteiger partial charge in [0.1, 0.15) is 4.21 Å². The fraction of sp³-hybridized carbons (Fsp3) is 0.125. The van der Waals surface area contributed by atoms with Crippen LogP contribution in [-0.4, -0.2) is 44.8 Å². The number of tetrazole rings is 1. The smallest absolute Gasteiger partial charge is 0.223 e. The second-order valence-corrected chi connectivity index (χ2v) is 8.87. The highest BCUT2D eigenvalue weighted by atomic mass is 32.2. The van der Waals surface area contributed by atoms with Gasteiger partial charge in [0.2, 0.25) is 10.3 Å². The summed E-state index contributed by atoms with van der Waals surface area (Å²) in [6.07, 6.45) is 4.13. The molecule has 0 fully saturated rings. The highest BCUT2D eigenvalue weighted by Crippen LogP contribution is 2.32. The van der Waals surface area contributed by atoms with Gasteiger partial charge in [-0.25, -0.2) is 18.4 Å². The molecular formula is C8H6N6O2S4. The third kappa shape index (κ3) is 2.72. The quantitative estimate of drug-likeness (QED) is 0.692. The van der Waals surface area contributed by atoms with Crippen LogP contribution >= 0.6 is 34.4 Å². The van der Waals surface area contributed by atoms with Crippen LogP contribution in [0.4, 0.5) is 0 Å². The van der Waals surface area contributed by atoms with E-state index >= 15 is 0 Å². The highest BCUT2D eigenvalue weighted by Gasteiger charge is 2.17. The first-order chi connectivity index (χ1) is 9.54. The van der Waals surface area contributed by atoms with Gasteiger partial charge in [0, 0.05) is 17.8 Å². The molecule has 0 aliphatic heterocycles. The number of hydrogen-bond donors (Lipinski definition) is 0. The van der Waals surface area contributed by atoms with E-state index in [1.54, 1.807) is 6.20 Å². The molecule has 0 atom stereocenters. The first-order valence-corrected chi connectivity index (χ1v) is 9.46. The van der Waals surface area contributed by atoms with Crippen LogP contribution in [-0.2, 0) is 9.84 Å². The molecular weight excluding hydrogens is 340 g/mol. The monoisotopic (exact) mass is 346 g/mol. The molecule has 0 saturated heterocycles. The number of aromatic nitrogens is 6. The van der Waals surface area contributed by atoms with E-state index in [1.807, 2.05) is 5.38 Å². The third-order valence-electron chi connectivity index (χ3n) is 2.05. The van der Waals surface area contributed by atoms with Crippen LogP contribution in [0, 0.1) is 0 Å². The average molecular weight is 346 g/mol. The van der Waals surface area contributed by atoms with Crippen molar-refractivity contribution in [3.63, 3.8) is 0 Å². The van der Waals surface area contributed by atoms with Gasteiger partial charge >= 0.3 is 0 Å². The van der Waals surface area contributed by atoms with Gasteiger partial charge in [0.05, 0.1) is 6.20 Å². The second kappa shape index (κ2) is 5.20. The molecule has 0 unspecified atom stereocenters. The Bertz CT molecular complexity index is 821. The lowest BCUT2D eigenvalue weighted by Gasteiger charge is -1.96. The van der Waals surface area contributed by atoms with Crippen molar-refractivity contribution >= 4 is 44.3 Å². The first-order valence-electron chi connectivity index (χ1n) is 5.06. The summed E-state index contributed by atoms with van der Waals surface area (Å²) in [6, 6.07) is 0. The summed E-state index contributed by atoms with van der Waals surface area (Å²) in [6.45, 7) is 0. The van der Waals surface area contributed by atoms with Gasteiger partial charge in [0.25, 0.3) is 0 Å². The molecule has 3 heterocycles. The van der Waals surface area contributed by atoms with E-state index in [9.17, 15) is 8.42 Å². The van der Waals surface area contributed by atoms with E-state index in [-0.39, 0.29) is 4.21 Å². The third-order valence-corrected chi connectivity index (χ3v) is 6.59. The summed E-state index contributed by atoms with van der Waals surface area (Å²) in [5.74, 6) is 0. The molecule has 0 aliphatic carbocycles. The van der Waals surface area contributed by atoms with Gasteiger partial charge < -0.3 is 0 Å². The molecule has 12 heteroatoms. The van der Waals surface area contributed by atoms with Gasteiger partial charge in [-0.15, -0.1) is 16.4 Å². The van der Waals surface area contributed by atoms with E-state index < -0.39 is 9.84 Å². The van der Waals surface area contributed by atoms with Crippen LogP contribution in [0.3, 0.4) is 0 Å². The molecule has 0 saturated carbocycles. The van der Waals surface area contributed by atoms with Crippen molar-refractivity contribution in [1.29, 1.82) is 0 Å². The van der Waals surface area contributed by atoms with Gasteiger partial charge in [-0.2, -0.15) is 4.68 Å². The van der Waals surface area contributed by atoms with Crippen molar-refractivity contribution in [3.05, 3.63) is 17.8 Å². The first kappa shape index (κ1) is 13.6. The Hall–Kier alpha value is -1.37. The normalized spacial score (nSPS) is 11.8. The molecule has 0 amide bonds. The highest BCUT2D eigenvalue weighted by molar-refractivity contribution is 8.01. The Morgan fingerprint density at radius 1 is 1.35 bits per heavy atom. The van der Waals surface area contributed by atoms with Crippen LogP contribution in [0.15, 0.2) is 31.5 Å². The lowest BCUT2D eigenvalue weighted by molar-refractivity contribution is 0.603. The van der Waals surface area contributed by atoms with Gasteiger partial charge in [-0.3, -0.25) is 0 Å². The Kier molecular flexibility index (Phi) is 3.54. The Balaban J connectivity index is 1.89. The van der Waals surface area contributed by atoms with E-state index in [2.05, 4.69) is 25.5 Å². The Labute approximate surface area is 125 Å². The van der Waals surface area contributed by atoms with Crippen molar-refractivity contribution in [1.82, 2.24) is 30.2 Å². The zero-order valence-electron chi connectivity index (χ0n) is 9.86. The van der Waals surface area contributed by atoms with Crippen LogP contribution in [0.5, 0.6) is 0 Å². The van der Waals surface area contributed by atoms with Gasteiger partial charge in [-0.05, 0) is 22.2 Å². The lowest BCUT2D eigenvalue weighted by atomic mass is 11.0. The summed E-state index contributed by atoms with van der Waals surface area (Å²) in [5.41, 5.74) is 0. The van der Waals surface area contributed by atoms with E-state index in [0.717, 1.165) is 17.6 Å². The van der Waals surface area contributed by atoms with Crippen LogP contribution in [0.2, 0.25) is 0 Å². The molecule has 3 rings (SSSR count). The summed E-state index contributed by atoms with van der Waals surface area (Å²) in [4.78, 5) is 8.17. The average Bonchev–Trinajstić information content (AvgIpc) is 3.08. The van der Waals surface area contributed by atoms with Crippen molar-refractivity contribution in [2.24, 2.45) is 0 Å². The minimum atomic E-state index is -3.24. The van der Waals surface area contributed by atoms with Crippen molar-refractivity contribution in [2.75, 3.05) is 6.26 Å². The summed E-state index contributed by atoms with van der Waals surface area (Å²) >= 11 is 3.67.